The molecule has 0 bridgehead atoms. The van der Waals surface area contributed by atoms with Gasteiger partial charge in [-0.05, 0) is 47.0 Å². The van der Waals surface area contributed by atoms with Gasteiger partial charge in [-0.3, -0.25) is 4.79 Å². The first-order valence-corrected chi connectivity index (χ1v) is 7.20. The number of amides is 1. The third kappa shape index (κ3) is 3.48. The Morgan fingerprint density at radius 3 is 2.79 bits per heavy atom. The maximum atomic E-state index is 12.3. The largest absolute Gasteiger partial charge is 0.394 e. The van der Waals surface area contributed by atoms with Crippen molar-refractivity contribution in [2.45, 2.75) is 18.4 Å². The zero-order valence-electron chi connectivity index (χ0n) is 10.3. The number of carbonyl (C=O) groups is 1. The maximum absolute atomic E-state index is 12.3. The van der Waals surface area contributed by atoms with Crippen molar-refractivity contribution in [3.05, 3.63) is 33.3 Å². The van der Waals surface area contributed by atoms with Gasteiger partial charge in [-0.25, -0.2) is 0 Å². The molecular formula is C13H15BrClNO3. The first-order valence-electron chi connectivity index (χ1n) is 6.02. The van der Waals surface area contributed by atoms with Crippen LogP contribution >= 0.6 is 27.5 Å². The van der Waals surface area contributed by atoms with Gasteiger partial charge in [-0.2, -0.15) is 0 Å². The van der Waals surface area contributed by atoms with Gasteiger partial charge in [0.25, 0.3) is 5.91 Å². The van der Waals surface area contributed by atoms with Crippen molar-refractivity contribution in [3.8, 4) is 0 Å². The molecule has 1 saturated heterocycles. The Balaban J connectivity index is 2.17. The summed E-state index contributed by atoms with van der Waals surface area (Å²) in [6, 6.07) is 5.04. The first kappa shape index (κ1) is 14.8. The van der Waals surface area contributed by atoms with Crippen LogP contribution < -0.4 is 5.32 Å². The molecule has 2 N–H and O–H groups in total. The fourth-order valence-corrected chi connectivity index (χ4v) is 2.66. The lowest BCUT2D eigenvalue weighted by Gasteiger charge is -2.36. The smallest absolute Gasteiger partial charge is 0.252 e. The van der Waals surface area contributed by atoms with Crippen molar-refractivity contribution < 1.29 is 14.6 Å². The summed E-state index contributed by atoms with van der Waals surface area (Å²) >= 11 is 9.23. The van der Waals surface area contributed by atoms with Gasteiger partial charge in [-0.15, -0.1) is 0 Å². The molecule has 104 valence electrons. The van der Waals surface area contributed by atoms with Crippen LogP contribution in [0.1, 0.15) is 23.2 Å². The van der Waals surface area contributed by atoms with E-state index in [0.717, 1.165) is 0 Å². The molecule has 0 unspecified atom stereocenters. The summed E-state index contributed by atoms with van der Waals surface area (Å²) in [5.74, 6) is -0.245. The zero-order valence-corrected chi connectivity index (χ0v) is 12.6. The standard InChI is InChI=1S/C13H15BrClNO3/c14-11-2-1-9(15)7-10(11)12(18)16-13(8-17)3-5-19-6-4-13/h1-2,7,17H,3-6,8H2,(H,16,18). The Bertz CT molecular complexity index is 475. The minimum absolute atomic E-state index is 0.0969. The number of carbonyl (C=O) groups excluding carboxylic acids is 1. The van der Waals surface area contributed by atoms with E-state index in [1.165, 1.54) is 0 Å². The van der Waals surface area contributed by atoms with Gasteiger partial charge in [0.1, 0.15) is 0 Å². The van der Waals surface area contributed by atoms with Crippen LogP contribution in [0.5, 0.6) is 0 Å². The molecule has 1 aliphatic rings. The van der Waals surface area contributed by atoms with Gasteiger partial charge in [0.15, 0.2) is 0 Å². The van der Waals surface area contributed by atoms with E-state index in [-0.39, 0.29) is 12.5 Å². The van der Waals surface area contributed by atoms with Crippen molar-refractivity contribution in [2.24, 2.45) is 0 Å². The molecule has 0 spiro atoms. The van der Waals surface area contributed by atoms with E-state index in [1.54, 1.807) is 18.2 Å². The first-order chi connectivity index (χ1) is 9.06. The number of aliphatic hydroxyl groups excluding tert-OH is 1. The quantitative estimate of drug-likeness (QED) is 0.882. The lowest BCUT2D eigenvalue weighted by Crippen LogP contribution is -2.54. The van der Waals surface area contributed by atoms with E-state index in [0.29, 0.717) is 41.1 Å². The Labute approximate surface area is 125 Å². The number of aliphatic hydroxyl groups is 1. The van der Waals surface area contributed by atoms with Crippen LogP contribution in [0.2, 0.25) is 5.02 Å². The highest BCUT2D eigenvalue weighted by Gasteiger charge is 2.34. The summed E-state index contributed by atoms with van der Waals surface area (Å²) in [4.78, 5) is 12.3. The van der Waals surface area contributed by atoms with E-state index >= 15 is 0 Å². The number of halogens is 2. The number of nitrogens with one attached hydrogen (secondary N) is 1. The van der Waals surface area contributed by atoms with Crippen molar-refractivity contribution in [3.63, 3.8) is 0 Å². The molecule has 0 aliphatic carbocycles. The third-order valence-electron chi connectivity index (χ3n) is 3.30. The normalized spacial score (nSPS) is 18.1. The van der Waals surface area contributed by atoms with Gasteiger partial charge in [0, 0.05) is 22.7 Å². The van der Waals surface area contributed by atoms with Crippen LogP contribution in [0.15, 0.2) is 22.7 Å². The zero-order chi connectivity index (χ0) is 13.9. The Hall–Kier alpha value is -0.620. The molecule has 1 aromatic rings. The molecule has 6 heteroatoms. The second kappa shape index (κ2) is 6.22. The fraction of sp³-hybridized carbons (Fsp3) is 0.462. The average molecular weight is 349 g/mol. The molecule has 0 saturated carbocycles. The molecule has 0 atom stereocenters. The van der Waals surface area contributed by atoms with Crippen molar-refractivity contribution in [1.29, 1.82) is 0 Å². The Morgan fingerprint density at radius 1 is 1.47 bits per heavy atom. The van der Waals surface area contributed by atoms with E-state index < -0.39 is 5.54 Å². The molecule has 4 nitrogen and oxygen atoms in total. The van der Waals surface area contributed by atoms with Crippen molar-refractivity contribution in [1.82, 2.24) is 5.32 Å². The summed E-state index contributed by atoms with van der Waals surface area (Å²) in [6.07, 6.45) is 1.21. The molecule has 1 heterocycles. The molecule has 1 amide bonds. The second-order valence-corrected chi connectivity index (χ2v) is 5.92. The summed E-state index contributed by atoms with van der Waals surface area (Å²) in [5, 5.41) is 13.0. The number of benzene rings is 1. The number of rotatable bonds is 3. The molecular weight excluding hydrogens is 334 g/mol. The highest BCUT2D eigenvalue weighted by molar-refractivity contribution is 9.10. The molecule has 1 aromatic carbocycles. The summed E-state index contributed by atoms with van der Waals surface area (Å²) in [5.41, 5.74) is -0.135. The van der Waals surface area contributed by atoms with Gasteiger partial charge in [-0.1, -0.05) is 11.6 Å². The number of ether oxygens (including phenoxy) is 1. The van der Waals surface area contributed by atoms with E-state index in [4.69, 9.17) is 16.3 Å². The van der Waals surface area contributed by atoms with E-state index in [1.807, 2.05) is 0 Å². The molecule has 1 fully saturated rings. The molecule has 2 rings (SSSR count). The molecule has 1 aliphatic heterocycles. The van der Waals surface area contributed by atoms with E-state index in [9.17, 15) is 9.90 Å². The van der Waals surface area contributed by atoms with Gasteiger partial charge < -0.3 is 15.2 Å². The monoisotopic (exact) mass is 347 g/mol. The predicted molar refractivity (Wildman–Crippen MR) is 76.5 cm³/mol. The average Bonchev–Trinajstić information content (AvgIpc) is 2.42. The van der Waals surface area contributed by atoms with Crippen LogP contribution in [0.3, 0.4) is 0 Å². The SMILES string of the molecule is O=C(NC1(CO)CCOCC1)c1cc(Cl)ccc1Br. The van der Waals surface area contributed by atoms with Crippen molar-refractivity contribution in [2.75, 3.05) is 19.8 Å². The van der Waals surface area contributed by atoms with Crippen LogP contribution in [0.25, 0.3) is 0 Å². The van der Waals surface area contributed by atoms with Gasteiger partial charge in [0.2, 0.25) is 0 Å². The Morgan fingerprint density at radius 2 is 2.16 bits per heavy atom. The van der Waals surface area contributed by atoms with E-state index in [2.05, 4.69) is 21.2 Å². The third-order valence-corrected chi connectivity index (χ3v) is 4.23. The molecule has 19 heavy (non-hydrogen) atoms. The summed E-state index contributed by atoms with van der Waals surface area (Å²) < 4.78 is 5.94. The topological polar surface area (TPSA) is 58.6 Å². The minimum Gasteiger partial charge on any atom is -0.394 e. The number of hydrogen-bond acceptors (Lipinski definition) is 3. The van der Waals surface area contributed by atoms with Crippen LogP contribution in [0, 0.1) is 0 Å². The lowest BCUT2D eigenvalue weighted by molar-refractivity contribution is 0.0125. The number of hydrogen-bond donors (Lipinski definition) is 2. The van der Waals surface area contributed by atoms with Crippen LogP contribution in [-0.4, -0.2) is 36.4 Å². The predicted octanol–water partition coefficient (Wildman–Crippen LogP) is 2.37. The summed E-state index contributed by atoms with van der Waals surface area (Å²) in [6.45, 7) is 0.982. The molecule has 0 aromatic heterocycles. The second-order valence-electron chi connectivity index (χ2n) is 4.63. The summed E-state index contributed by atoms with van der Waals surface area (Å²) in [7, 11) is 0. The lowest BCUT2D eigenvalue weighted by atomic mass is 9.90. The highest BCUT2D eigenvalue weighted by Crippen LogP contribution is 2.24. The molecule has 0 radical (unpaired) electrons. The fourth-order valence-electron chi connectivity index (χ4n) is 2.06. The van der Waals surface area contributed by atoms with Crippen molar-refractivity contribution >= 4 is 33.4 Å². The Kier molecular flexibility index (Phi) is 4.84. The van der Waals surface area contributed by atoms with Crippen LogP contribution in [-0.2, 0) is 4.74 Å². The highest BCUT2D eigenvalue weighted by atomic mass is 79.9. The van der Waals surface area contributed by atoms with Gasteiger partial charge >= 0.3 is 0 Å². The minimum atomic E-state index is -0.600. The maximum Gasteiger partial charge on any atom is 0.252 e. The van der Waals surface area contributed by atoms with Crippen LogP contribution in [0.4, 0.5) is 0 Å². The van der Waals surface area contributed by atoms with Gasteiger partial charge in [0.05, 0.1) is 17.7 Å².